The van der Waals surface area contributed by atoms with Crippen molar-refractivity contribution in [1.82, 2.24) is 0 Å². The van der Waals surface area contributed by atoms with Crippen LogP contribution >= 0.6 is 0 Å². The first-order valence-corrected chi connectivity index (χ1v) is 7.63. The van der Waals surface area contributed by atoms with E-state index in [4.69, 9.17) is 4.74 Å². The maximum atomic E-state index is 9.55. The summed E-state index contributed by atoms with van der Waals surface area (Å²) in [5.41, 5.74) is 0.149. The van der Waals surface area contributed by atoms with Crippen LogP contribution in [0.3, 0.4) is 0 Å². The Balaban J connectivity index is 2.50. The standard InChI is InChI=1S/C17H31NO/c1-15(2,3)14-7-9-17(13-18,10-8-14)11-12-19-16(4,5)6/h14H,7-12H2,1-6H3. The second-order valence-electron chi connectivity index (χ2n) is 8.24. The summed E-state index contributed by atoms with van der Waals surface area (Å²) in [6.07, 6.45) is 5.34. The molecule has 2 heteroatoms. The zero-order chi connectivity index (χ0) is 14.7. The number of ether oxygens (including phenoxy) is 1. The van der Waals surface area contributed by atoms with Crippen molar-refractivity contribution in [3.63, 3.8) is 0 Å². The molecule has 19 heavy (non-hydrogen) atoms. The van der Waals surface area contributed by atoms with Gasteiger partial charge in [-0.1, -0.05) is 20.8 Å². The Labute approximate surface area is 119 Å². The van der Waals surface area contributed by atoms with E-state index in [9.17, 15) is 5.26 Å². The third kappa shape index (κ3) is 5.15. The van der Waals surface area contributed by atoms with Crippen LogP contribution in [0.5, 0.6) is 0 Å². The summed E-state index contributed by atoms with van der Waals surface area (Å²) in [5.74, 6) is 0.762. The molecule has 2 nitrogen and oxygen atoms in total. The van der Waals surface area contributed by atoms with E-state index in [0.717, 1.165) is 25.2 Å². The SMILES string of the molecule is CC(C)(C)OCCC1(C#N)CCC(C(C)(C)C)CC1. The monoisotopic (exact) mass is 265 g/mol. The normalized spacial score (nSPS) is 29.0. The Bertz CT molecular complexity index is 313. The molecule has 0 aromatic rings. The fourth-order valence-corrected chi connectivity index (χ4v) is 3.01. The van der Waals surface area contributed by atoms with Crippen molar-refractivity contribution < 1.29 is 4.74 Å². The van der Waals surface area contributed by atoms with E-state index >= 15 is 0 Å². The first-order valence-electron chi connectivity index (χ1n) is 7.63. The molecular weight excluding hydrogens is 234 g/mol. The third-order valence-electron chi connectivity index (χ3n) is 4.52. The minimum atomic E-state index is -0.132. The molecule has 0 radical (unpaired) electrons. The van der Waals surface area contributed by atoms with E-state index in [1.54, 1.807) is 0 Å². The lowest BCUT2D eigenvalue weighted by Gasteiger charge is -2.41. The number of hydrogen-bond acceptors (Lipinski definition) is 2. The highest BCUT2D eigenvalue weighted by atomic mass is 16.5. The summed E-state index contributed by atoms with van der Waals surface area (Å²) in [5, 5.41) is 9.55. The smallest absolute Gasteiger partial charge is 0.0690 e. The lowest BCUT2D eigenvalue weighted by atomic mass is 9.63. The predicted molar refractivity (Wildman–Crippen MR) is 79.8 cm³/mol. The lowest BCUT2D eigenvalue weighted by molar-refractivity contribution is -0.0202. The molecule has 1 fully saturated rings. The predicted octanol–water partition coefficient (Wildman–Crippen LogP) is 4.94. The van der Waals surface area contributed by atoms with Crippen LogP contribution in [-0.2, 0) is 4.74 Å². The molecule has 0 bridgehead atoms. The number of nitrogens with zero attached hydrogens (tertiary/aromatic N) is 1. The van der Waals surface area contributed by atoms with Crippen molar-refractivity contribution >= 4 is 0 Å². The van der Waals surface area contributed by atoms with Crippen molar-refractivity contribution in [3.8, 4) is 6.07 Å². The second kappa shape index (κ2) is 5.83. The molecule has 0 amide bonds. The summed E-state index contributed by atoms with van der Waals surface area (Å²) in [6, 6.07) is 2.60. The minimum absolute atomic E-state index is 0.0980. The summed E-state index contributed by atoms with van der Waals surface area (Å²) in [6.45, 7) is 13.9. The van der Waals surface area contributed by atoms with Crippen LogP contribution in [0.25, 0.3) is 0 Å². The van der Waals surface area contributed by atoms with Gasteiger partial charge in [-0.2, -0.15) is 5.26 Å². The second-order valence-corrected chi connectivity index (χ2v) is 8.24. The summed E-state index contributed by atoms with van der Waals surface area (Å²) in [4.78, 5) is 0. The maximum Gasteiger partial charge on any atom is 0.0690 e. The summed E-state index contributed by atoms with van der Waals surface area (Å²) < 4.78 is 5.80. The molecule has 0 aromatic heterocycles. The Hall–Kier alpha value is -0.550. The van der Waals surface area contributed by atoms with Crippen LogP contribution in [-0.4, -0.2) is 12.2 Å². The molecule has 0 unspecified atom stereocenters. The van der Waals surface area contributed by atoms with Crippen molar-refractivity contribution in [2.75, 3.05) is 6.61 Å². The van der Waals surface area contributed by atoms with Crippen LogP contribution < -0.4 is 0 Å². The maximum absolute atomic E-state index is 9.55. The molecule has 0 atom stereocenters. The number of rotatable bonds is 3. The molecule has 1 aliphatic rings. The van der Waals surface area contributed by atoms with Crippen LogP contribution in [0, 0.1) is 28.1 Å². The molecule has 0 saturated heterocycles. The average Bonchev–Trinajstić information content (AvgIpc) is 2.26. The molecule has 0 N–H and O–H groups in total. The van der Waals surface area contributed by atoms with Crippen LogP contribution in [0.4, 0.5) is 0 Å². The molecule has 1 rings (SSSR count). The van der Waals surface area contributed by atoms with Gasteiger partial charge >= 0.3 is 0 Å². The molecule has 1 aliphatic carbocycles. The van der Waals surface area contributed by atoms with Crippen LogP contribution in [0.2, 0.25) is 0 Å². The van der Waals surface area contributed by atoms with Gasteiger partial charge in [-0.25, -0.2) is 0 Å². The molecule has 0 aliphatic heterocycles. The Morgan fingerprint density at radius 2 is 1.63 bits per heavy atom. The molecule has 0 spiro atoms. The van der Waals surface area contributed by atoms with E-state index in [1.807, 2.05) is 0 Å². The Morgan fingerprint density at radius 3 is 2.00 bits per heavy atom. The van der Waals surface area contributed by atoms with Gasteiger partial charge in [-0.05, 0) is 64.2 Å². The van der Waals surface area contributed by atoms with Gasteiger partial charge in [-0.3, -0.25) is 0 Å². The van der Waals surface area contributed by atoms with E-state index in [2.05, 4.69) is 47.6 Å². The van der Waals surface area contributed by atoms with Gasteiger partial charge in [0.1, 0.15) is 0 Å². The van der Waals surface area contributed by atoms with Crippen molar-refractivity contribution in [3.05, 3.63) is 0 Å². The molecule has 110 valence electrons. The largest absolute Gasteiger partial charge is 0.376 e. The Kier molecular flexibility index (Phi) is 5.07. The fraction of sp³-hybridized carbons (Fsp3) is 0.941. The molecule has 0 heterocycles. The summed E-state index contributed by atoms with van der Waals surface area (Å²) >= 11 is 0. The first-order chi connectivity index (χ1) is 8.58. The quantitative estimate of drug-likeness (QED) is 0.724. The highest BCUT2D eigenvalue weighted by Crippen LogP contribution is 2.46. The van der Waals surface area contributed by atoms with Gasteiger partial charge in [0.25, 0.3) is 0 Å². The van der Waals surface area contributed by atoms with Gasteiger partial charge in [0.05, 0.1) is 17.1 Å². The van der Waals surface area contributed by atoms with Gasteiger partial charge in [0, 0.05) is 6.61 Å². The van der Waals surface area contributed by atoms with E-state index in [1.165, 1.54) is 12.8 Å². The number of nitriles is 1. The third-order valence-corrected chi connectivity index (χ3v) is 4.52. The fourth-order valence-electron chi connectivity index (χ4n) is 3.01. The highest BCUT2D eigenvalue weighted by Gasteiger charge is 2.38. The van der Waals surface area contributed by atoms with Gasteiger partial charge < -0.3 is 4.74 Å². The molecular formula is C17H31NO. The Morgan fingerprint density at radius 1 is 1.11 bits per heavy atom. The summed E-state index contributed by atoms with van der Waals surface area (Å²) in [7, 11) is 0. The van der Waals surface area contributed by atoms with E-state index in [-0.39, 0.29) is 11.0 Å². The zero-order valence-electron chi connectivity index (χ0n) is 13.7. The number of hydrogen-bond donors (Lipinski definition) is 0. The van der Waals surface area contributed by atoms with E-state index < -0.39 is 0 Å². The topological polar surface area (TPSA) is 33.0 Å². The van der Waals surface area contributed by atoms with Crippen LogP contribution in [0.15, 0.2) is 0 Å². The van der Waals surface area contributed by atoms with Gasteiger partial charge in [0.2, 0.25) is 0 Å². The van der Waals surface area contributed by atoms with Crippen molar-refractivity contribution in [2.24, 2.45) is 16.7 Å². The van der Waals surface area contributed by atoms with Crippen molar-refractivity contribution in [1.29, 1.82) is 5.26 Å². The lowest BCUT2D eigenvalue weighted by Crippen LogP contribution is -2.33. The highest BCUT2D eigenvalue weighted by molar-refractivity contribution is 5.02. The molecule has 1 saturated carbocycles. The van der Waals surface area contributed by atoms with Crippen LogP contribution in [0.1, 0.15) is 73.6 Å². The zero-order valence-corrected chi connectivity index (χ0v) is 13.7. The van der Waals surface area contributed by atoms with Gasteiger partial charge in [-0.15, -0.1) is 0 Å². The van der Waals surface area contributed by atoms with E-state index in [0.29, 0.717) is 12.0 Å². The average molecular weight is 265 g/mol. The minimum Gasteiger partial charge on any atom is -0.376 e. The van der Waals surface area contributed by atoms with Gasteiger partial charge in [0.15, 0.2) is 0 Å². The van der Waals surface area contributed by atoms with Crippen molar-refractivity contribution in [2.45, 2.75) is 79.2 Å². The first kappa shape index (κ1) is 16.5. The molecule has 0 aromatic carbocycles.